The number of benzene rings is 1. The van der Waals surface area contributed by atoms with E-state index in [0.29, 0.717) is 5.15 Å². The number of thioether (sulfide) groups is 1. The first kappa shape index (κ1) is 14.4. The standard InChI is InChI=1S/C15H17ClN2S/c1-4-13-11(3)15(16)18-14(17-13)9-19-12-7-5-6-10(2)8-12/h5-8H,4,9H2,1-3H3. The van der Waals surface area contributed by atoms with Crippen LogP contribution in [-0.2, 0) is 12.2 Å². The fraction of sp³-hybridized carbons (Fsp3) is 0.333. The second-order valence-electron chi connectivity index (χ2n) is 4.46. The van der Waals surface area contributed by atoms with Gasteiger partial charge in [-0.05, 0) is 32.4 Å². The number of hydrogen-bond donors (Lipinski definition) is 0. The smallest absolute Gasteiger partial charge is 0.140 e. The Morgan fingerprint density at radius 1 is 1.21 bits per heavy atom. The van der Waals surface area contributed by atoms with E-state index in [0.717, 1.165) is 29.3 Å². The summed E-state index contributed by atoms with van der Waals surface area (Å²) in [6.07, 6.45) is 0.885. The van der Waals surface area contributed by atoms with Crippen molar-refractivity contribution in [3.63, 3.8) is 0 Å². The maximum atomic E-state index is 6.14. The molecule has 0 bridgehead atoms. The van der Waals surface area contributed by atoms with Crippen LogP contribution in [0.4, 0.5) is 0 Å². The maximum Gasteiger partial charge on any atom is 0.140 e. The van der Waals surface area contributed by atoms with Gasteiger partial charge in [-0.2, -0.15) is 0 Å². The van der Waals surface area contributed by atoms with Crippen molar-refractivity contribution in [2.45, 2.75) is 37.8 Å². The zero-order valence-corrected chi connectivity index (χ0v) is 13.0. The second-order valence-corrected chi connectivity index (χ2v) is 5.87. The van der Waals surface area contributed by atoms with Gasteiger partial charge >= 0.3 is 0 Å². The van der Waals surface area contributed by atoms with Crippen molar-refractivity contribution < 1.29 is 0 Å². The molecule has 0 aliphatic carbocycles. The minimum absolute atomic E-state index is 0.576. The third-order valence-electron chi connectivity index (χ3n) is 2.93. The fourth-order valence-electron chi connectivity index (χ4n) is 1.84. The highest BCUT2D eigenvalue weighted by Crippen LogP contribution is 2.24. The van der Waals surface area contributed by atoms with E-state index in [4.69, 9.17) is 11.6 Å². The molecule has 100 valence electrons. The molecular formula is C15H17ClN2S. The quantitative estimate of drug-likeness (QED) is 0.608. The van der Waals surface area contributed by atoms with E-state index < -0.39 is 0 Å². The van der Waals surface area contributed by atoms with Crippen LogP contribution in [0, 0.1) is 13.8 Å². The highest BCUT2D eigenvalue weighted by Gasteiger charge is 2.08. The van der Waals surface area contributed by atoms with Gasteiger partial charge in [-0.25, -0.2) is 9.97 Å². The van der Waals surface area contributed by atoms with Crippen LogP contribution >= 0.6 is 23.4 Å². The van der Waals surface area contributed by atoms with Crippen LogP contribution in [0.5, 0.6) is 0 Å². The van der Waals surface area contributed by atoms with Gasteiger partial charge < -0.3 is 0 Å². The van der Waals surface area contributed by atoms with Gasteiger partial charge in [0.2, 0.25) is 0 Å². The van der Waals surface area contributed by atoms with Gasteiger partial charge in [0, 0.05) is 16.2 Å². The number of rotatable bonds is 4. The van der Waals surface area contributed by atoms with Gasteiger partial charge in [0.1, 0.15) is 11.0 Å². The third-order valence-corrected chi connectivity index (χ3v) is 4.28. The van der Waals surface area contributed by atoms with Crippen LogP contribution < -0.4 is 0 Å². The summed E-state index contributed by atoms with van der Waals surface area (Å²) in [7, 11) is 0. The summed E-state index contributed by atoms with van der Waals surface area (Å²) in [6, 6.07) is 8.44. The average molecular weight is 293 g/mol. The summed E-state index contributed by atoms with van der Waals surface area (Å²) in [6.45, 7) is 6.15. The zero-order valence-electron chi connectivity index (χ0n) is 11.4. The van der Waals surface area contributed by atoms with E-state index in [1.165, 1.54) is 10.5 Å². The van der Waals surface area contributed by atoms with Gasteiger partial charge in [0.25, 0.3) is 0 Å². The summed E-state index contributed by atoms with van der Waals surface area (Å²) in [5.74, 6) is 1.55. The number of nitrogens with zero attached hydrogens (tertiary/aromatic N) is 2. The van der Waals surface area contributed by atoms with Crippen LogP contribution in [0.3, 0.4) is 0 Å². The number of hydrogen-bond acceptors (Lipinski definition) is 3. The number of aromatic nitrogens is 2. The lowest BCUT2D eigenvalue weighted by Crippen LogP contribution is -2.01. The molecule has 0 saturated carbocycles. The molecule has 4 heteroatoms. The largest absolute Gasteiger partial charge is 0.237 e. The summed E-state index contributed by atoms with van der Waals surface area (Å²) < 4.78 is 0. The second kappa shape index (κ2) is 6.40. The van der Waals surface area contributed by atoms with Crippen molar-refractivity contribution >= 4 is 23.4 Å². The molecule has 0 spiro atoms. The lowest BCUT2D eigenvalue weighted by Gasteiger charge is -2.07. The normalized spacial score (nSPS) is 10.7. The van der Waals surface area contributed by atoms with Crippen molar-refractivity contribution in [1.29, 1.82) is 0 Å². The van der Waals surface area contributed by atoms with Crippen molar-refractivity contribution in [2.75, 3.05) is 0 Å². The molecule has 1 aromatic heterocycles. The predicted molar refractivity (Wildman–Crippen MR) is 81.9 cm³/mol. The Balaban J connectivity index is 2.13. The van der Waals surface area contributed by atoms with Crippen molar-refractivity contribution in [1.82, 2.24) is 9.97 Å². The van der Waals surface area contributed by atoms with Gasteiger partial charge in [0.05, 0.1) is 5.75 Å². The summed E-state index contributed by atoms with van der Waals surface area (Å²) in [5.41, 5.74) is 3.30. The molecule has 0 aliphatic rings. The van der Waals surface area contributed by atoms with Gasteiger partial charge in [0.15, 0.2) is 0 Å². The van der Waals surface area contributed by atoms with Gasteiger partial charge in [-0.3, -0.25) is 0 Å². The van der Waals surface area contributed by atoms with Gasteiger partial charge in [-0.15, -0.1) is 11.8 Å². The molecule has 2 nitrogen and oxygen atoms in total. The van der Waals surface area contributed by atoms with E-state index in [1.807, 2.05) is 6.92 Å². The molecule has 0 unspecified atom stereocenters. The monoisotopic (exact) mass is 292 g/mol. The van der Waals surface area contributed by atoms with Crippen molar-refractivity contribution in [3.05, 3.63) is 52.1 Å². The fourth-order valence-corrected chi connectivity index (χ4v) is 2.92. The molecular weight excluding hydrogens is 276 g/mol. The molecule has 1 aromatic carbocycles. The number of halogens is 1. The lowest BCUT2D eigenvalue weighted by atomic mass is 10.2. The SMILES string of the molecule is CCc1nc(CSc2cccc(C)c2)nc(Cl)c1C. The van der Waals surface area contributed by atoms with Crippen molar-refractivity contribution in [2.24, 2.45) is 0 Å². The Labute approximate surface area is 123 Å². The molecule has 0 N–H and O–H groups in total. The first-order chi connectivity index (χ1) is 9.10. The van der Waals surface area contributed by atoms with E-state index in [1.54, 1.807) is 11.8 Å². The molecule has 0 radical (unpaired) electrons. The third kappa shape index (κ3) is 3.71. The minimum atomic E-state index is 0.576. The van der Waals surface area contributed by atoms with Crippen LogP contribution in [0.2, 0.25) is 5.15 Å². The molecule has 0 fully saturated rings. The molecule has 0 atom stereocenters. The first-order valence-corrected chi connectivity index (χ1v) is 7.68. The van der Waals surface area contributed by atoms with Crippen LogP contribution in [-0.4, -0.2) is 9.97 Å². The molecule has 2 rings (SSSR count). The Morgan fingerprint density at radius 2 is 2.00 bits per heavy atom. The van der Waals surface area contributed by atoms with Crippen LogP contribution in [0.25, 0.3) is 0 Å². The van der Waals surface area contributed by atoms with E-state index >= 15 is 0 Å². The highest BCUT2D eigenvalue weighted by molar-refractivity contribution is 7.98. The van der Waals surface area contributed by atoms with E-state index in [9.17, 15) is 0 Å². The predicted octanol–water partition coefficient (Wildman–Crippen LogP) is 4.60. The minimum Gasteiger partial charge on any atom is -0.237 e. The molecule has 0 amide bonds. The lowest BCUT2D eigenvalue weighted by molar-refractivity contribution is 0.918. The van der Waals surface area contributed by atoms with Crippen LogP contribution in [0.1, 0.15) is 29.6 Å². The summed E-state index contributed by atoms with van der Waals surface area (Å²) in [5, 5.41) is 0.576. The van der Waals surface area contributed by atoms with Crippen LogP contribution in [0.15, 0.2) is 29.2 Å². The van der Waals surface area contributed by atoms with Crippen molar-refractivity contribution in [3.8, 4) is 0 Å². The summed E-state index contributed by atoms with van der Waals surface area (Å²) in [4.78, 5) is 10.2. The molecule has 1 heterocycles. The average Bonchev–Trinajstić information content (AvgIpc) is 2.40. The molecule has 2 aromatic rings. The Kier molecular flexibility index (Phi) is 4.83. The molecule has 0 aliphatic heterocycles. The number of aryl methyl sites for hydroxylation is 2. The Morgan fingerprint density at radius 3 is 2.68 bits per heavy atom. The maximum absolute atomic E-state index is 6.14. The van der Waals surface area contributed by atoms with E-state index in [-0.39, 0.29) is 0 Å². The molecule has 19 heavy (non-hydrogen) atoms. The first-order valence-electron chi connectivity index (χ1n) is 6.31. The highest BCUT2D eigenvalue weighted by atomic mass is 35.5. The van der Waals surface area contributed by atoms with E-state index in [2.05, 4.69) is 48.1 Å². The topological polar surface area (TPSA) is 25.8 Å². The van der Waals surface area contributed by atoms with Gasteiger partial charge in [-0.1, -0.05) is 36.2 Å². The molecule has 0 saturated heterocycles. The Bertz CT molecular complexity index is 584. The summed E-state index contributed by atoms with van der Waals surface area (Å²) >= 11 is 7.88. The zero-order chi connectivity index (χ0) is 13.8. The Hall–Kier alpha value is -1.06.